The van der Waals surface area contributed by atoms with E-state index in [1.165, 1.54) is 0 Å². The fourth-order valence-corrected chi connectivity index (χ4v) is 2.69. The minimum absolute atomic E-state index is 0.0234. The van der Waals surface area contributed by atoms with Crippen LogP contribution in [0.25, 0.3) is 0 Å². The Labute approximate surface area is 117 Å². The summed E-state index contributed by atoms with van der Waals surface area (Å²) in [6.07, 6.45) is 0.820. The number of phenols is 1. The third-order valence-corrected chi connectivity index (χ3v) is 3.58. The van der Waals surface area contributed by atoms with E-state index in [0.717, 1.165) is 28.7 Å². The molecule has 108 valence electrons. The Bertz CT molecular complexity index is 460. The van der Waals surface area contributed by atoms with Gasteiger partial charge in [-0.25, -0.2) is 0 Å². The van der Waals surface area contributed by atoms with Crippen LogP contribution in [0.1, 0.15) is 70.7 Å². The average Bonchev–Trinajstić information content (AvgIpc) is 2.24. The van der Waals surface area contributed by atoms with Crippen LogP contribution in [0.3, 0.4) is 0 Å². The minimum Gasteiger partial charge on any atom is -0.507 e. The van der Waals surface area contributed by atoms with Crippen molar-refractivity contribution < 1.29 is 10.2 Å². The summed E-state index contributed by atoms with van der Waals surface area (Å²) >= 11 is 0. The van der Waals surface area contributed by atoms with Crippen LogP contribution in [-0.2, 0) is 23.9 Å². The maximum Gasteiger partial charge on any atom is 0.123 e. The molecule has 0 amide bonds. The molecule has 0 aliphatic carbocycles. The quantitative estimate of drug-likeness (QED) is 0.846. The summed E-state index contributed by atoms with van der Waals surface area (Å²) in [5.41, 5.74) is 3.64. The van der Waals surface area contributed by atoms with E-state index in [1.54, 1.807) is 0 Å². The van der Waals surface area contributed by atoms with Gasteiger partial charge in [0, 0.05) is 5.56 Å². The van der Waals surface area contributed by atoms with Crippen molar-refractivity contribution in [1.82, 2.24) is 0 Å². The van der Waals surface area contributed by atoms with E-state index >= 15 is 0 Å². The molecule has 2 N–H and O–H groups in total. The Morgan fingerprint density at radius 2 is 1.53 bits per heavy atom. The Balaban J connectivity index is 3.76. The second kappa shape index (κ2) is 5.16. The topological polar surface area (TPSA) is 40.5 Å². The standard InChI is InChI=1S/C17H28O2/c1-8-12-11(10-18)9-13(16(2,3)4)15(19)14(12)17(5,6)7/h9,18-19H,8,10H2,1-7H3. The van der Waals surface area contributed by atoms with E-state index in [4.69, 9.17) is 0 Å². The first-order chi connectivity index (χ1) is 8.54. The van der Waals surface area contributed by atoms with Gasteiger partial charge in [-0.05, 0) is 40.0 Å². The van der Waals surface area contributed by atoms with Gasteiger partial charge >= 0.3 is 0 Å². The highest BCUT2D eigenvalue weighted by atomic mass is 16.3. The summed E-state index contributed by atoms with van der Waals surface area (Å²) in [7, 11) is 0. The van der Waals surface area contributed by atoms with Crippen molar-refractivity contribution in [3.8, 4) is 5.75 Å². The molecule has 1 aromatic carbocycles. The van der Waals surface area contributed by atoms with Gasteiger partial charge in [-0.15, -0.1) is 0 Å². The van der Waals surface area contributed by atoms with Crippen LogP contribution < -0.4 is 0 Å². The molecule has 1 rings (SSSR count). The molecule has 0 aromatic heterocycles. The third-order valence-electron chi connectivity index (χ3n) is 3.58. The summed E-state index contributed by atoms with van der Waals surface area (Å²) in [5, 5.41) is 20.3. The van der Waals surface area contributed by atoms with Crippen molar-refractivity contribution in [2.45, 2.75) is 72.3 Å². The smallest absolute Gasteiger partial charge is 0.123 e. The minimum atomic E-state index is -0.139. The van der Waals surface area contributed by atoms with Gasteiger partial charge in [-0.1, -0.05) is 48.5 Å². The molecule has 0 fully saturated rings. The number of hydrogen-bond donors (Lipinski definition) is 2. The molecule has 0 saturated heterocycles. The van der Waals surface area contributed by atoms with Crippen molar-refractivity contribution in [3.63, 3.8) is 0 Å². The maximum absolute atomic E-state index is 10.7. The largest absolute Gasteiger partial charge is 0.507 e. The summed E-state index contributed by atoms with van der Waals surface area (Å²) in [5.74, 6) is 0.397. The fourth-order valence-electron chi connectivity index (χ4n) is 2.69. The Kier molecular flexibility index (Phi) is 4.36. The number of rotatable bonds is 2. The summed E-state index contributed by atoms with van der Waals surface area (Å²) in [6, 6.07) is 1.96. The summed E-state index contributed by atoms with van der Waals surface area (Å²) < 4.78 is 0. The Hall–Kier alpha value is -1.02. The van der Waals surface area contributed by atoms with Crippen LogP contribution in [-0.4, -0.2) is 10.2 Å². The van der Waals surface area contributed by atoms with Gasteiger partial charge in [-0.2, -0.15) is 0 Å². The summed E-state index contributed by atoms with van der Waals surface area (Å²) in [6.45, 7) is 14.7. The second-order valence-electron chi connectivity index (χ2n) is 7.30. The lowest BCUT2D eigenvalue weighted by Crippen LogP contribution is -2.20. The van der Waals surface area contributed by atoms with Crippen LogP contribution >= 0.6 is 0 Å². The normalized spacial score (nSPS) is 12.8. The SMILES string of the molecule is CCc1c(CO)cc(C(C)(C)C)c(O)c1C(C)(C)C. The average molecular weight is 264 g/mol. The molecule has 0 unspecified atom stereocenters. The molecule has 0 aliphatic heterocycles. The molecule has 19 heavy (non-hydrogen) atoms. The van der Waals surface area contributed by atoms with Gasteiger partial charge in [0.1, 0.15) is 5.75 Å². The first kappa shape index (κ1) is 16.0. The number of hydrogen-bond acceptors (Lipinski definition) is 2. The number of phenolic OH excluding ortho intramolecular Hbond substituents is 1. The zero-order valence-corrected chi connectivity index (χ0v) is 13.4. The van der Waals surface area contributed by atoms with Crippen molar-refractivity contribution in [2.24, 2.45) is 0 Å². The van der Waals surface area contributed by atoms with E-state index in [-0.39, 0.29) is 17.4 Å². The molecule has 0 radical (unpaired) electrons. The van der Waals surface area contributed by atoms with Crippen LogP contribution in [0.2, 0.25) is 0 Å². The predicted molar refractivity (Wildman–Crippen MR) is 80.8 cm³/mol. The number of aromatic hydroxyl groups is 1. The highest BCUT2D eigenvalue weighted by Gasteiger charge is 2.29. The number of aliphatic hydroxyl groups is 1. The van der Waals surface area contributed by atoms with E-state index in [1.807, 2.05) is 6.07 Å². The van der Waals surface area contributed by atoms with Gasteiger partial charge in [-0.3, -0.25) is 0 Å². The molecule has 2 nitrogen and oxygen atoms in total. The van der Waals surface area contributed by atoms with Gasteiger partial charge < -0.3 is 10.2 Å². The Morgan fingerprint density at radius 1 is 1.00 bits per heavy atom. The van der Waals surface area contributed by atoms with Crippen LogP contribution in [0.15, 0.2) is 6.07 Å². The van der Waals surface area contributed by atoms with Crippen LogP contribution in [0.5, 0.6) is 5.75 Å². The predicted octanol–water partition coefficient (Wildman–Crippen LogP) is 4.04. The molecule has 0 aliphatic rings. The lowest BCUT2D eigenvalue weighted by atomic mass is 9.75. The molecule has 0 bridgehead atoms. The van der Waals surface area contributed by atoms with Crippen molar-refractivity contribution in [2.75, 3.05) is 0 Å². The monoisotopic (exact) mass is 264 g/mol. The van der Waals surface area contributed by atoms with Gasteiger partial charge in [0.25, 0.3) is 0 Å². The molecule has 0 spiro atoms. The van der Waals surface area contributed by atoms with E-state index in [2.05, 4.69) is 48.5 Å². The van der Waals surface area contributed by atoms with Gasteiger partial charge in [0.05, 0.1) is 6.61 Å². The van der Waals surface area contributed by atoms with Crippen LogP contribution in [0, 0.1) is 0 Å². The van der Waals surface area contributed by atoms with Crippen molar-refractivity contribution >= 4 is 0 Å². The molecule has 0 saturated carbocycles. The molecule has 2 heteroatoms. The van der Waals surface area contributed by atoms with Crippen molar-refractivity contribution in [1.29, 1.82) is 0 Å². The third kappa shape index (κ3) is 3.11. The number of benzene rings is 1. The van der Waals surface area contributed by atoms with Gasteiger partial charge in [0.2, 0.25) is 0 Å². The zero-order valence-electron chi connectivity index (χ0n) is 13.4. The molecule has 0 heterocycles. The highest BCUT2D eigenvalue weighted by Crippen LogP contribution is 2.42. The summed E-state index contributed by atoms with van der Waals surface area (Å²) in [4.78, 5) is 0. The number of aliphatic hydroxyl groups excluding tert-OH is 1. The maximum atomic E-state index is 10.7. The van der Waals surface area contributed by atoms with E-state index in [0.29, 0.717) is 5.75 Å². The molecule has 0 atom stereocenters. The fraction of sp³-hybridized carbons (Fsp3) is 0.647. The molecular formula is C17H28O2. The molecule has 1 aromatic rings. The lowest BCUT2D eigenvalue weighted by molar-refractivity contribution is 0.279. The van der Waals surface area contributed by atoms with Crippen LogP contribution in [0.4, 0.5) is 0 Å². The molecular weight excluding hydrogens is 236 g/mol. The Morgan fingerprint density at radius 3 is 1.84 bits per heavy atom. The lowest BCUT2D eigenvalue weighted by Gasteiger charge is -2.31. The van der Waals surface area contributed by atoms with E-state index < -0.39 is 0 Å². The highest BCUT2D eigenvalue weighted by molar-refractivity contribution is 5.55. The van der Waals surface area contributed by atoms with Crippen molar-refractivity contribution in [3.05, 3.63) is 28.3 Å². The first-order valence-corrected chi connectivity index (χ1v) is 7.03. The van der Waals surface area contributed by atoms with E-state index in [9.17, 15) is 10.2 Å². The van der Waals surface area contributed by atoms with Gasteiger partial charge in [0.15, 0.2) is 0 Å². The zero-order chi connectivity index (χ0) is 15.0. The second-order valence-corrected chi connectivity index (χ2v) is 7.30. The first-order valence-electron chi connectivity index (χ1n) is 7.03.